The number of rotatable bonds is 6. The molecule has 0 atom stereocenters. The highest BCUT2D eigenvalue weighted by Gasteiger charge is 2.00. The van der Waals surface area contributed by atoms with Crippen molar-refractivity contribution in [1.82, 2.24) is 5.32 Å². The molecule has 4 nitrogen and oxygen atoms in total. The Labute approximate surface area is 95.2 Å². The molecule has 86 valence electrons. The highest BCUT2D eigenvalue weighted by atomic mass is 16.5. The number of ether oxygens (including phenoxy) is 1. The molecule has 1 aromatic carbocycles. The number of nitrogens with one attached hydrogen (secondary N) is 1. The smallest absolute Gasteiger partial charge is 0.407 e. The van der Waals surface area contributed by atoms with Gasteiger partial charge in [0, 0.05) is 6.54 Å². The van der Waals surface area contributed by atoms with Crippen LogP contribution in [0.2, 0.25) is 0 Å². The van der Waals surface area contributed by atoms with E-state index in [1.165, 1.54) is 0 Å². The highest BCUT2D eigenvalue weighted by Crippen LogP contribution is 2.00. The van der Waals surface area contributed by atoms with Crippen molar-refractivity contribution < 1.29 is 14.6 Å². The Morgan fingerprint density at radius 3 is 2.81 bits per heavy atom. The molecule has 0 fully saturated rings. The van der Waals surface area contributed by atoms with Crippen molar-refractivity contribution in [3.63, 3.8) is 0 Å². The van der Waals surface area contributed by atoms with E-state index in [2.05, 4.69) is 5.32 Å². The number of unbranched alkanes of at least 4 members (excludes halogenated alkanes) is 1. The number of aliphatic hydroxyl groups is 1. The summed E-state index contributed by atoms with van der Waals surface area (Å²) < 4.78 is 4.98. The lowest BCUT2D eigenvalue weighted by Gasteiger charge is -2.06. The molecule has 1 aromatic rings. The maximum absolute atomic E-state index is 11.2. The van der Waals surface area contributed by atoms with E-state index >= 15 is 0 Å². The van der Waals surface area contributed by atoms with Crippen LogP contribution in [0.5, 0.6) is 0 Å². The van der Waals surface area contributed by atoms with Crippen LogP contribution in [0.15, 0.2) is 30.3 Å². The summed E-state index contributed by atoms with van der Waals surface area (Å²) in [4.78, 5) is 11.2. The summed E-state index contributed by atoms with van der Waals surface area (Å²) in [6, 6.07) is 9.48. The van der Waals surface area contributed by atoms with Crippen LogP contribution in [0.25, 0.3) is 0 Å². The number of alkyl carbamates (subject to hydrolysis) is 1. The van der Waals surface area contributed by atoms with Crippen molar-refractivity contribution in [3.05, 3.63) is 42.5 Å². The maximum atomic E-state index is 11.2. The van der Waals surface area contributed by atoms with Gasteiger partial charge in [0.2, 0.25) is 0 Å². The van der Waals surface area contributed by atoms with Crippen LogP contribution in [0, 0.1) is 6.61 Å². The molecule has 0 spiro atoms. The molecular weight excluding hydrogens is 206 g/mol. The molecule has 2 radical (unpaired) electrons. The van der Waals surface area contributed by atoms with Gasteiger partial charge in [-0.3, -0.25) is 0 Å². The fourth-order valence-corrected chi connectivity index (χ4v) is 1.13. The van der Waals surface area contributed by atoms with E-state index in [0.29, 0.717) is 19.4 Å². The Bertz CT molecular complexity index is 300. The number of hydrogen-bond donors (Lipinski definition) is 2. The van der Waals surface area contributed by atoms with Crippen molar-refractivity contribution in [2.24, 2.45) is 0 Å². The second-order valence-electron chi connectivity index (χ2n) is 3.25. The summed E-state index contributed by atoms with van der Waals surface area (Å²) in [6.45, 7) is 2.75. The average molecular weight is 221 g/mol. The number of hydrogen-bond acceptors (Lipinski definition) is 3. The summed E-state index contributed by atoms with van der Waals surface area (Å²) in [5.74, 6) is 0. The molecule has 0 aliphatic carbocycles. The van der Waals surface area contributed by atoms with Gasteiger partial charge in [-0.25, -0.2) is 4.79 Å². The Morgan fingerprint density at radius 1 is 1.38 bits per heavy atom. The molecule has 0 saturated heterocycles. The summed E-state index contributed by atoms with van der Waals surface area (Å²) in [7, 11) is 0. The number of carbonyl (C=O) groups excluding carboxylic acids is 1. The van der Waals surface area contributed by atoms with Crippen LogP contribution in [-0.4, -0.2) is 17.7 Å². The van der Waals surface area contributed by atoms with Crippen molar-refractivity contribution in [3.8, 4) is 0 Å². The molecule has 0 unspecified atom stereocenters. The zero-order valence-electron chi connectivity index (χ0n) is 8.98. The van der Waals surface area contributed by atoms with Gasteiger partial charge < -0.3 is 15.2 Å². The molecule has 1 rings (SSSR count). The van der Waals surface area contributed by atoms with Crippen molar-refractivity contribution in [2.75, 3.05) is 6.54 Å². The van der Waals surface area contributed by atoms with Crippen molar-refractivity contribution >= 4 is 6.09 Å². The van der Waals surface area contributed by atoms with E-state index in [-0.39, 0.29) is 6.61 Å². The van der Waals surface area contributed by atoms with Gasteiger partial charge in [-0.05, 0) is 18.4 Å². The van der Waals surface area contributed by atoms with E-state index in [9.17, 15) is 4.79 Å². The van der Waals surface area contributed by atoms with E-state index in [4.69, 9.17) is 9.84 Å². The Kier molecular flexibility index (Phi) is 6.03. The third-order valence-corrected chi connectivity index (χ3v) is 1.95. The maximum Gasteiger partial charge on any atom is 0.407 e. The summed E-state index contributed by atoms with van der Waals surface area (Å²) in [5, 5.41) is 10.9. The van der Waals surface area contributed by atoms with Crippen LogP contribution in [0.4, 0.5) is 4.79 Å². The lowest BCUT2D eigenvalue weighted by molar-refractivity contribution is 0.139. The molecule has 0 saturated carbocycles. The van der Waals surface area contributed by atoms with Crippen LogP contribution in [0.1, 0.15) is 18.4 Å². The number of carbonyl (C=O) groups is 1. The molecule has 4 heteroatoms. The summed E-state index contributed by atoms with van der Waals surface area (Å²) in [5.41, 5.74) is 0.953. The van der Waals surface area contributed by atoms with Crippen LogP contribution >= 0.6 is 0 Å². The average Bonchev–Trinajstić information content (AvgIpc) is 2.33. The second kappa shape index (κ2) is 7.70. The number of amides is 1. The quantitative estimate of drug-likeness (QED) is 0.723. The molecule has 2 N–H and O–H groups in total. The summed E-state index contributed by atoms with van der Waals surface area (Å²) in [6.07, 6.45) is 0.650. The Hall–Kier alpha value is -1.55. The van der Waals surface area contributed by atoms with E-state index in [0.717, 1.165) is 5.56 Å². The second-order valence-corrected chi connectivity index (χ2v) is 3.25. The first-order chi connectivity index (χ1) is 7.83. The van der Waals surface area contributed by atoms with Gasteiger partial charge in [-0.1, -0.05) is 30.3 Å². The highest BCUT2D eigenvalue weighted by molar-refractivity contribution is 5.67. The van der Waals surface area contributed by atoms with Crippen LogP contribution in [-0.2, 0) is 11.3 Å². The monoisotopic (exact) mass is 221 g/mol. The lowest BCUT2D eigenvalue weighted by atomic mass is 10.2. The molecule has 0 heterocycles. The molecule has 16 heavy (non-hydrogen) atoms. The Morgan fingerprint density at radius 2 is 2.12 bits per heavy atom. The predicted octanol–water partition coefficient (Wildman–Crippen LogP) is 2.10. The largest absolute Gasteiger partial charge is 0.445 e. The van der Waals surface area contributed by atoms with Gasteiger partial charge in [0.05, 0.1) is 0 Å². The molecule has 0 aromatic heterocycles. The van der Waals surface area contributed by atoms with E-state index in [1.54, 1.807) is 0 Å². The van der Waals surface area contributed by atoms with Gasteiger partial charge in [-0.2, -0.15) is 0 Å². The fourth-order valence-electron chi connectivity index (χ4n) is 1.13. The molecule has 1 amide bonds. The van der Waals surface area contributed by atoms with Crippen molar-refractivity contribution in [2.45, 2.75) is 19.4 Å². The zero-order valence-corrected chi connectivity index (χ0v) is 8.98. The minimum atomic E-state index is -0.443. The standard InChI is InChI=1S/C12H15NO3/c14-9-5-4-8-13-12(15)16-10-11-6-2-1-3-7-11/h1-3,6-7,14H,4-5,8,10H2,(H,13,15). The number of aliphatic hydroxyl groups excluding tert-OH is 1. The third kappa shape index (κ3) is 5.36. The first-order valence-corrected chi connectivity index (χ1v) is 5.14. The van der Waals surface area contributed by atoms with Gasteiger partial charge in [-0.15, -0.1) is 0 Å². The minimum Gasteiger partial charge on any atom is -0.445 e. The fraction of sp³-hybridized carbons (Fsp3) is 0.333. The first kappa shape index (κ1) is 12.5. The molecular formula is C12H15NO3. The van der Waals surface area contributed by atoms with Crippen LogP contribution < -0.4 is 5.32 Å². The normalized spacial score (nSPS) is 9.81. The zero-order chi connectivity index (χ0) is 11.6. The number of benzene rings is 1. The SMILES string of the molecule is O=C(NCCC[C]O)OCc1ccccc1. The van der Waals surface area contributed by atoms with Gasteiger partial charge >= 0.3 is 6.09 Å². The van der Waals surface area contributed by atoms with Gasteiger partial charge in [0.25, 0.3) is 0 Å². The lowest BCUT2D eigenvalue weighted by Crippen LogP contribution is -2.25. The minimum absolute atomic E-state index is 0.269. The van der Waals surface area contributed by atoms with E-state index < -0.39 is 6.09 Å². The molecule has 0 aliphatic heterocycles. The third-order valence-electron chi connectivity index (χ3n) is 1.95. The van der Waals surface area contributed by atoms with Gasteiger partial charge in [0.15, 0.2) is 0 Å². The van der Waals surface area contributed by atoms with Crippen molar-refractivity contribution in [1.29, 1.82) is 0 Å². The van der Waals surface area contributed by atoms with Gasteiger partial charge in [0.1, 0.15) is 13.2 Å². The molecule has 0 aliphatic rings. The topological polar surface area (TPSA) is 58.6 Å². The first-order valence-electron chi connectivity index (χ1n) is 5.14. The summed E-state index contributed by atoms with van der Waals surface area (Å²) >= 11 is 0. The Balaban J connectivity index is 2.11. The molecule has 0 bridgehead atoms. The van der Waals surface area contributed by atoms with Crippen LogP contribution in [0.3, 0.4) is 0 Å². The predicted molar refractivity (Wildman–Crippen MR) is 59.0 cm³/mol. The van der Waals surface area contributed by atoms with E-state index in [1.807, 2.05) is 36.9 Å².